The van der Waals surface area contributed by atoms with E-state index in [2.05, 4.69) is 50.3 Å². The van der Waals surface area contributed by atoms with Crippen molar-refractivity contribution < 1.29 is 0 Å². The van der Waals surface area contributed by atoms with Gasteiger partial charge in [-0.05, 0) is 26.2 Å². The number of hydrogen-bond acceptors (Lipinski definition) is 5. The first-order valence-electron chi connectivity index (χ1n) is 7.56. The van der Waals surface area contributed by atoms with Gasteiger partial charge in [-0.1, -0.05) is 34.6 Å². The van der Waals surface area contributed by atoms with Crippen LogP contribution < -0.4 is 16.6 Å². The lowest BCUT2D eigenvalue weighted by Crippen LogP contribution is -2.37. The molecule has 1 aromatic heterocycles. The van der Waals surface area contributed by atoms with Crippen molar-refractivity contribution in [2.45, 2.75) is 72.3 Å². The number of nitrogens with zero attached hydrogens (tertiary/aromatic N) is 2. The zero-order chi connectivity index (χ0) is 15.3. The van der Waals surface area contributed by atoms with Gasteiger partial charge >= 0.3 is 0 Å². The van der Waals surface area contributed by atoms with Crippen molar-refractivity contribution in [1.29, 1.82) is 0 Å². The van der Waals surface area contributed by atoms with E-state index in [0.29, 0.717) is 5.82 Å². The molecule has 0 amide bonds. The third kappa shape index (κ3) is 3.39. The van der Waals surface area contributed by atoms with E-state index in [9.17, 15) is 0 Å². The maximum Gasteiger partial charge on any atom is 0.148 e. The molecule has 0 unspecified atom stereocenters. The molecule has 4 N–H and O–H groups in total. The van der Waals surface area contributed by atoms with Gasteiger partial charge in [0, 0.05) is 17.0 Å². The fourth-order valence-electron chi connectivity index (χ4n) is 2.32. The molecule has 0 aliphatic carbocycles. The van der Waals surface area contributed by atoms with Gasteiger partial charge in [-0.15, -0.1) is 0 Å². The van der Waals surface area contributed by atoms with Crippen molar-refractivity contribution >= 4 is 11.6 Å². The summed E-state index contributed by atoms with van der Waals surface area (Å²) in [5, 5.41) is 3.63. The summed E-state index contributed by atoms with van der Waals surface area (Å²) in [5.41, 5.74) is 3.73. The second-order valence-electron chi connectivity index (χ2n) is 5.67. The maximum absolute atomic E-state index is 5.58. The highest BCUT2D eigenvalue weighted by Gasteiger charge is 2.25. The minimum atomic E-state index is 0.0826. The van der Waals surface area contributed by atoms with Gasteiger partial charge in [-0.2, -0.15) is 0 Å². The van der Waals surface area contributed by atoms with Crippen LogP contribution in [0, 0.1) is 6.92 Å². The van der Waals surface area contributed by atoms with Crippen molar-refractivity contribution in [2.75, 3.05) is 10.7 Å². The zero-order valence-electron chi connectivity index (χ0n) is 13.7. The van der Waals surface area contributed by atoms with Crippen LogP contribution >= 0.6 is 0 Å². The minimum absolute atomic E-state index is 0.0826. The van der Waals surface area contributed by atoms with Crippen LogP contribution in [-0.2, 0) is 0 Å². The van der Waals surface area contributed by atoms with E-state index < -0.39 is 0 Å². The minimum Gasteiger partial charge on any atom is -0.364 e. The molecule has 0 fully saturated rings. The quantitative estimate of drug-likeness (QED) is 0.525. The number of nitrogens with one attached hydrogen (secondary N) is 2. The molecule has 0 saturated carbocycles. The average molecular weight is 279 g/mol. The Bertz CT molecular complexity index is 430. The van der Waals surface area contributed by atoms with E-state index in [4.69, 9.17) is 10.8 Å². The van der Waals surface area contributed by atoms with Crippen molar-refractivity contribution in [2.24, 2.45) is 5.84 Å². The van der Waals surface area contributed by atoms with Gasteiger partial charge in [0.25, 0.3) is 0 Å². The Morgan fingerprint density at radius 1 is 1.05 bits per heavy atom. The summed E-state index contributed by atoms with van der Waals surface area (Å²) >= 11 is 0. The van der Waals surface area contributed by atoms with Crippen molar-refractivity contribution in [3.05, 3.63) is 11.4 Å². The summed E-state index contributed by atoms with van der Waals surface area (Å²) in [7, 11) is 0. The molecule has 0 bridgehead atoms. The van der Waals surface area contributed by atoms with E-state index in [-0.39, 0.29) is 11.5 Å². The van der Waals surface area contributed by atoms with Crippen molar-refractivity contribution in [1.82, 2.24) is 9.97 Å². The molecule has 1 heterocycles. The normalized spacial score (nSPS) is 11.8. The highest BCUT2D eigenvalue weighted by Crippen LogP contribution is 2.29. The molecule has 0 aliphatic rings. The summed E-state index contributed by atoms with van der Waals surface area (Å²) in [6, 6.07) is 0. The summed E-state index contributed by atoms with van der Waals surface area (Å²) in [4.78, 5) is 9.16. The van der Waals surface area contributed by atoms with Crippen LogP contribution in [0.1, 0.15) is 71.2 Å². The van der Waals surface area contributed by atoms with Crippen LogP contribution in [0.4, 0.5) is 11.6 Å². The fourth-order valence-corrected chi connectivity index (χ4v) is 2.32. The van der Waals surface area contributed by atoms with Gasteiger partial charge in [0.15, 0.2) is 0 Å². The molecule has 0 aromatic carbocycles. The van der Waals surface area contributed by atoms with Gasteiger partial charge in [-0.3, -0.25) is 0 Å². The Kier molecular flexibility index (Phi) is 5.74. The van der Waals surface area contributed by atoms with E-state index in [1.165, 1.54) is 0 Å². The maximum atomic E-state index is 5.58. The largest absolute Gasteiger partial charge is 0.364 e. The van der Waals surface area contributed by atoms with E-state index >= 15 is 0 Å². The Labute approximate surface area is 122 Å². The first-order chi connectivity index (χ1) is 9.42. The smallest absolute Gasteiger partial charge is 0.148 e. The third-order valence-corrected chi connectivity index (χ3v) is 4.23. The molecule has 1 rings (SSSR count). The first-order valence-corrected chi connectivity index (χ1v) is 7.56. The van der Waals surface area contributed by atoms with Crippen LogP contribution in [0.5, 0.6) is 0 Å². The summed E-state index contributed by atoms with van der Waals surface area (Å²) < 4.78 is 0. The first kappa shape index (κ1) is 16.7. The molecule has 0 radical (unpaired) electrons. The number of hydrazine groups is 1. The van der Waals surface area contributed by atoms with E-state index in [1.54, 1.807) is 0 Å². The predicted octanol–water partition coefficient (Wildman–Crippen LogP) is 3.57. The number of nitrogens with two attached hydrogens (primary N) is 1. The molecule has 0 spiro atoms. The second-order valence-corrected chi connectivity index (χ2v) is 5.67. The monoisotopic (exact) mass is 279 g/mol. The lowest BCUT2D eigenvalue weighted by atomic mass is 9.89. The predicted molar refractivity (Wildman–Crippen MR) is 85.9 cm³/mol. The molecule has 0 aliphatic heterocycles. The Morgan fingerprint density at radius 3 is 1.95 bits per heavy atom. The molecule has 1 aromatic rings. The number of anilines is 2. The number of rotatable bonds is 7. The Morgan fingerprint density at radius 2 is 1.55 bits per heavy atom. The van der Waals surface area contributed by atoms with Gasteiger partial charge < -0.3 is 10.7 Å². The molecule has 114 valence electrons. The molecular formula is C15H29N5. The van der Waals surface area contributed by atoms with Crippen LogP contribution in [0.25, 0.3) is 0 Å². The topological polar surface area (TPSA) is 75.9 Å². The third-order valence-electron chi connectivity index (χ3n) is 4.23. The molecule has 5 heteroatoms. The fraction of sp³-hybridized carbons (Fsp3) is 0.733. The van der Waals surface area contributed by atoms with Crippen molar-refractivity contribution in [3.8, 4) is 0 Å². The van der Waals surface area contributed by atoms with Crippen LogP contribution in [0.2, 0.25) is 0 Å². The summed E-state index contributed by atoms with van der Waals surface area (Å²) in [6.45, 7) is 12.8. The molecule has 20 heavy (non-hydrogen) atoms. The van der Waals surface area contributed by atoms with Gasteiger partial charge in [-0.25, -0.2) is 15.8 Å². The highest BCUT2D eigenvalue weighted by molar-refractivity contribution is 5.58. The number of hydrogen-bond donors (Lipinski definition) is 3. The van der Waals surface area contributed by atoms with Crippen LogP contribution in [-0.4, -0.2) is 15.5 Å². The van der Waals surface area contributed by atoms with E-state index in [0.717, 1.165) is 36.5 Å². The zero-order valence-corrected chi connectivity index (χ0v) is 13.7. The van der Waals surface area contributed by atoms with Crippen molar-refractivity contribution in [3.63, 3.8) is 0 Å². The number of aromatic nitrogens is 2. The molecular weight excluding hydrogens is 250 g/mol. The van der Waals surface area contributed by atoms with E-state index in [1.807, 2.05) is 6.92 Å². The lowest BCUT2D eigenvalue weighted by Gasteiger charge is -2.33. The van der Waals surface area contributed by atoms with Gasteiger partial charge in [0.2, 0.25) is 0 Å². The summed E-state index contributed by atoms with van der Waals surface area (Å²) in [5.74, 6) is 8.25. The number of nitrogen functional groups attached to an aromatic ring is 1. The second kappa shape index (κ2) is 6.88. The standard InChI is InChI=1S/C15H29N5/c1-7-15(8-2,9-3)19-13-11(6)14(20-16)18-12(17-13)10(4)5/h10H,7-9,16H2,1-6H3,(H2,17,18,19,20). The SMILES string of the molecule is CCC(CC)(CC)Nc1nc(C(C)C)nc(NN)c1C. The Balaban J connectivity index is 3.25. The van der Waals surface area contributed by atoms with Crippen LogP contribution in [0.3, 0.4) is 0 Å². The summed E-state index contributed by atoms with van der Waals surface area (Å²) in [6.07, 6.45) is 3.18. The average Bonchev–Trinajstić information content (AvgIpc) is 2.46. The molecule has 5 nitrogen and oxygen atoms in total. The Hall–Kier alpha value is -1.36. The van der Waals surface area contributed by atoms with Gasteiger partial charge in [0.1, 0.15) is 17.5 Å². The molecule has 0 atom stereocenters. The van der Waals surface area contributed by atoms with Gasteiger partial charge in [0.05, 0.1) is 0 Å². The molecule has 0 saturated heterocycles. The highest BCUT2D eigenvalue weighted by atomic mass is 15.3. The van der Waals surface area contributed by atoms with Crippen LogP contribution in [0.15, 0.2) is 0 Å². The lowest BCUT2D eigenvalue weighted by molar-refractivity contribution is 0.418.